The topological polar surface area (TPSA) is 55.1 Å². The van der Waals surface area contributed by atoms with Crippen LogP contribution in [0.1, 0.15) is 11.1 Å². The van der Waals surface area contributed by atoms with E-state index in [9.17, 15) is 4.79 Å². The molecule has 2 rings (SSSR count). The van der Waals surface area contributed by atoms with Gasteiger partial charge >= 0.3 is 0 Å². The first kappa shape index (κ1) is 13.5. The third-order valence-electron chi connectivity index (χ3n) is 2.50. The Balaban J connectivity index is 2.28. The van der Waals surface area contributed by atoms with Crippen LogP contribution in [0.3, 0.4) is 0 Å². The highest BCUT2D eigenvalue weighted by atomic mass is 127. The van der Waals surface area contributed by atoms with Crippen molar-refractivity contribution in [1.29, 1.82) is 0 Å². The Morgan fingerprint density at radius 2 is 1.89 bits per heavy atom. The van der Waals surface area contributed by atoms with Crippen molar-refractivity contribution in [3.8, 4) is 0 Å². The number of benzene rings is 1. The summed E-state index contributed by atoms with van der Waals surface area (Å²) in [6.07, 6.45) is 1.44. The van der Waals surface area contributed by atoms with Gasteiger partial charge in [0.2, 0.25) is 0 Å². The van der Waals surface area contributed by atoms with Crippen LogP contribution in [-0.4, -0.2) is 14.7 Å². The highest BCUT2D eigenvalue weighted by Gasteiger charge is 2.07. The molecule has 0 spiro atoms. The van der Waals surface area contributed by atoms with Gasteiger partial charge in [0.25, 0.3) is 5.56 Å². The highest BCUT2D eigenvalue weighted by Crippen LogP contribution is 2.10. The molecule has 1 aromatic heterocycles. The first-order chi connectivity index (χ1) is 8.61. The van der Waals surface area contributed by atoms with Crippen LogP contribution >= 0.6 is 34.2 Å². The monoisotopic (exact) mass is 376 g/mol. The zero-order chi connectivity index (χ0) is 13.1. The van der Waals surface area contributed by atoms with E-state index in [0.29, 0.717) is 10.1 Å². The lowest BCUT2D eigenvalue weighted by molar-refractivity contribution is 0.282. The van der Waals surface area contributed by atoms with Gasteiger partial charge in [-0.25, -0.2) is 4.98 Å². The molecule has 2 aromatic rings. The van der Waals surface area contributed by atoms with Crippen LogP contribution < -0.4 is 5.56 Å². The molecule has 1 aromatic carbocycles. The third kappa shape index (κ3) is 2.90. The number of aliphatic hydroxyl groups is 1. The van der Waals surface area contributed by atoms with Crippen LogP contribution in [0.25, 0.3) is 0 Å². The minimum atomic E-state index is -0.151. The number of aromatic nitrogens is 2. The number of halogens is 2. The molecule has 1 N–H and O–H groups in total. The van der Waals surface area contributed by atoms with Crippen molar-refractivity contribution in [3.63, 3.8) is 0 Å². The molecule has 0 unspecified atom stereocenters. The van der Waals surface area contributed by atoms with E-state index < -0.39 is 0 Å². The molecule has 0 fully saturated rings. The maximum Gasteiger partial charge on any atom is 0.268 e. The van der Waals surface area contributed by atoms with Gasteiger partial charge in [-0.2, -0.15) is 0 Å². The fourth-order valence-electron chi connectivity index (χ4n) is 1.50. The number of rotatable bonds is 3. The first-order valence-electron chi connectivity index (χ1n) is 5.21. The van der Waals surface area contributed by atoms with Crippen LogP contribution in [0, 0.1) is 3.57 Å². The molecular formula is C12H10ClIN2O2. The van der Waals surface area contributed by atoms with E-state index in [-0.39, 0.29) is 17.3 Å². The Morgan fingerprint density at radius 1 is 1.28 bits per heavy atom. The fourth-order valence-corrected chi connectivity index (χ4v) is 2.08. The lowest BCUT2D eigenvalue weighted by atomic mass is 10.1. The summed E-state index contributed by atoms with van der Waals surface area (Å²) >= 11 is 7.66. The summed E-state index contributed by atoms with van der Waals surface area (Å²) in [6, 6.07) is 7.41. The van der Waals surface area contributed by atoms with Crippen LogP contribution in [0.5, 0.6) is 0 Å². The normalized spacial score (nSPS) is 10.6. The summed E-state index contributed by atoms with van der Waals surface area (Å²) in [5.74, 6) is 0. The van der Waals surface area contributed by atoms with Gasteiger partial charge in [0, 0.05) is 0 Å². The maximum absolute atomic E-state index is 11.9. The first-order valence-corrected chi connectivity index (χ1v) is 6.66. The second-order valence-corrected chi connectivity index (χ2v) is 5.19. The van der Waals surface area contributed by atoms with E-state index in [2.05, 4.69) is 4.98 Å². The lowest BCUT2D eigenvalue weighted by Crippen LogP contribution is -2.23. The zero-order valence-corrected chi connectivity index (χ0v) is 12.2. The van der Waals surface area contributed by atoms with E-state index in [1.165, 1.54) is 10.9 Å². The van der Waals surface area contributed by atoms with Gasteiger partial charge in [-0.05, 0) is 33.7 Å². The van der Waals surface area contributed by atoms with Crippen LogP contribution in [0.4, 0.5) is 0 Å². The van der Waals surface area contributed by atoms with Crippen LogP contribution in [0.2, 0.25) is 5.15 Å². The fraction of sp³-hybridized carbons (Fsp3) is 0.167. The molecule has 4 nitrogen and oxygen atoms in total. The molecule has 0 aliphatic heterocycles. The molecule has 0 bridgehead atoms. The molecule has 0 radical (unpaired) electrons. The number of nitrogens with zero attached hydrogens (tertiary/aromatic N) is 2. The number of hydrogen-bond donors (Lipinski definition) is 1. The standard InChI is InChI=1S/C12H10ClIN2O2/c13-11-10(14)12(18)16(7-15-11)5-8-1-3-9(6-17)4-2-8/h1-4,7,17H,5-6H2. The largest absolute Gasteiger partial charge is 0.392 e. The molecule has 0 aliphatic carbocycles. The van der Waals surface area contributed by atoms with Crippen LogP contribution in [-0.2, 0) is 13.2 Å². The van der Waals surface area contributed by atoms with Crippen molar-refractivity contribution >= 4 is 34.2 Å². The summed E-state index contributed by atoms with van der Waals surface area (Å²) in [4.78, 5) is 15.9. The van der Waals surface area contributed by atoms with Gasteiger partial charge in [-0.15, -0.1) is 0 Å². The molecule has 18 heavy (non-hydrogen) atoms. The molecule has 0 saturated carbocycles. The van der Waals surface area contributed by atoms with Crippen molar-refractivity contribution in [1.82, 2.24) is 9.55 Å². The smallest absolute Gasteiger partial charge is 0.268 e. The third-order valence-corrected chi connectivity index (χ3v) is 4.08. The van der Waals surface area contributed by atoms with Gasteiger partial charge < -0.3 is 5.11 Å². The molecule has 0 aliphatic rings. The molecule has 0 atom stereocenters. The minimum Gasteiger partial charge on any atom is -0.392 e. The molecule has 1 heterocycles. The minimum absolute atomic E-state index is 0.0145. The second-order valence-electron chi connectivity index (χ2n) is 3.76. The summed E-state index contributed by atoms with van der Waals surface area (Å²) in [7, 11) is 0. The molecule has 6 heteroatoms. The van der Waals surface area contributed by atoms with E-state index in [4.69, 9.17) is 16.7 Å². The SMILES string of the molecule is O=c1c(I)c(Cl)ncn1Cc1ccc(CO)cc1. The van der Waals surface area contributed by atoms with Gasteiger partial charge in [0.1, 0.15) is 8.72 Å². The van der Waals surface area contributed by atoms with Gasteiger partial charge in [0.05, 0.1) is 19.5 Å². The van der Waals surface area contributed by atoms with Crippen molar-refractivity contribution < 1.29 is 5.11 Å². The summed E-state index contributed by atoms with van der Waals surface area (Å²) in [6.45, 7) is 0.450. The van der Waals surface area contributed by atoms with E-state index in [1.807, 2.05) is 46.9 Å². The Kier molecular flexibility index (Phi) is 4.36. The predicted octanol–water partition coefficient (Wildman–Crippen LogP) is 2.04. The lowest BCUT2D eigenvalue weighted by Gasteiger charge is -2.07. The Morgan fingerprint density at radius 3 is 2.50 bits per heavy atom. The van der Waals surface area contributed by atoms with Gasteiger partial charge in [-0.1, -0.05) is 35.9 Å². The Bertz CT molecular complexity index is 610. The molecule has 94 valence electrons. The second kappa shape index (κ2) is 5.81. The van der Waals surface area contributed by atoms with Gasteiger partial charge in [0.15, 0.2) is 0 Å². The molecule has 0 amide bonds. The summed E-state index contributed by atoms with van der Waals surface area (Å²) in [5.41, 5.74) is 1.66. The van der Waals surface area contributed by atoms with Crippen molar-refractivity contribution in [3.05, 3.63) is 60.8 Å². The number of hydrogen-bond acceptors (Lipinski definition) is 3. The average molecular weight is 377 g/mol. The van der Waals surface area contributed by atoms with Crippen molar-refractivity contribution in [2.45, 2.75) is 13.2 Å². The Hall–Kier alpha value is -0.920. The zero-order valence-electron chi connectivity index (χ0n) is 9.31. The molecule has 0 saturated heterocycles. The predicted molar refractivity (Wildman–Crippen MR) is 77.7 cm³/mol. The van der Waals surface area contributed by atoms with E-state index in [0.717, 1.165) is 11.1 Å². The maximum atomic E-state index is 11.9. The van der Waals surface area contributed by atoms with Crippen molar-refractivity contribution in [2.24, 2.45) is 0 Å². The number of aliphatic hydroxyl groups excluding tert-OH is 1. The van der Waals surface area contributed by atoms with Crippen LogP contribution in [0.15, 0.2) is 35.4 Å². The van der Waals surface area contributed by atoms with E-state index >= 15 is 0 Å². The highest BCUT2D eigenvalue weighted by molar-refractivity contribution is 14.1. The Labute approximate surface area is 122 Å². The van der Waals surface area contributed by atoms with E-state index in [1.54, 1.807) is 0 Å². The average Bonchev–Trinajstić information content (AvgIpc) is 2.40. The molecular weight excluding hydrogens is 367 g/mol. The summed E-state index contributed by atoms with van der Waals surface area (Å²) in [5, 5.41) is 9.18. The quantitative estimate of drug-likeness (QED) is 0.659. The summed E-state index contributed by atoms with van der Waals surface area (Å²) < 4.78 is 1.92. The van der Waals surface area contributed by atoms with Gasteiger partial charge in [-0.3, -0.25) is 9.36 Å². The van der Waals surface area contributed by atoms with Crippen molar-refractivity contribution in [2.75, 3.05) is 0 Å².